The Morgan fingerprint density at radius 1 is 1.15 bits per heavy atom. The Kier molecular flexibility index (Phi) is 5.40. The number of aryl methyl sites for hydroxylation is 1. The first kappa shape index (κ1) is 18.4. The molecule has 0 unspecified atom stereocenters. The largest absolute Gasteiger partial charge is 0.497 e. The number of rotatable bonds is 6. The van der Waals surface area contributed by atoms with Crippen molar-refractivity contribution in [1.29, 1.82) is 0 Å². The van der Waals surface area contributed by atoms with Gasteiger partial charge in [0.05, 0.1) is 32.0 Å². The average Bonchev–Trinajstić information content (AvgIpc) is 3.03. The summed E-state index contributed by atoms with van der Waals surface area (Å²) in [6, 6.07) is 10.9. The number of carbonyl (C=O) groups is 1. The molecule has 0 bridgehead atoms. The van der Waals surface area contributed by atoms with E-state index in [-0.39, 0.29) is 18.1 Å². The number of amides is 1. The normalized spacial score (nSPS) is 10.5. The Labute approximate surface area is 155 Å². The van der Waals surface area contributed by atoms with Crippen LogP contribution in [0.3, 0.4) is 0 Å². The lowest BCUT2D eigenvalue weighted by Gasteiger charge is -2.11. The van der Waals surface area contributed by atoms with E-state index in [9.17, 15) is 9.18 Å². The molecule has 6 nitrogen and oxygen atoms in total. The molecule has 0 radical (unpaired) electrons. The highest BCUT2D eigenvalue weighted by atomic mass is 19.1. The maximum atomic E-state index is 13.1. The first-order chi connectivity index (χ1) is 13.0. The number of benzene rings is 2. The van der Waals surface area contributed by atoms with Gasteiger partial charge < -0.3 is 19.2 Å². The fourth-order valence-electron chi connectivity index (χ4n) is 2.56. The first-order valence-corrected chi connectivity index (χ1v) is 8.24. The molecule has 2 aromatic carbocycles. The fourth-order valence-corrected chi connectivity index (χ4v) is 2.56. The van der Waals surface area contributed by atoms with Crippen molar-refractivity contribution < 1.29 is 23.1 Å². The summed E-state index contributed by atoms with van der Waals surface area (Å²) in [4.78, 5) is 16.8. The van der Waals surface area contributed by atoms with Crippen molar-refractivity contribution in [3.8, 4) is 23.0 Å². The molecule has 0 spiro atoms. The van der Waals surface area contributed by atoms with Gasteiger partial charge in [-0.1, -0.05) is 0 Å². The van der Waals surface area contributed by atoms with Crippen LogP contribution in [0, 0.1) is 12.7 Å². The molecule has 0 atom stereocenters. The molecule has 0 saturated heterocycles. The number of ether oxygens (including phenoxy) is 2. The summed E-state index contributed by atoms with van der Waals surface area (Å²) in [7, 11) is 3.07. The summed E-state index contributed by atoms with van der Waals surface area (Å²) in [6.45, 7) is 1.73. The first-order valence-electron chi connectivity index (χ1n) is 8.24. The molecule has 1 amide bonds. The summed E-state index contributed by atoms with van der Waals surface area (Å²) >= 11 is 0. The van der Waals surface area contributed by atoms with Gasteiger partial charge in [0.2, 0.25) is 11.8 Å². The van der Waals surface area contributed by atoms with Gasteiger partial charge in [-0.15, -0.1) is 0 Å². The van der Waals surface area contributed by atoms with Crippen LogP contribution in [0.15, 0.2) is 46.9 Å². The van der Waals surface area contributed by atoms with E-state index in [2.05, 4.69) is 10.3 Å². The Morgan fingerprint density at radius 2 is 1.89 bits per heavy atom. The molecule has 140 valence electrons. The molecular weight excluding hydrogens is 351 g/mol. The van der Waals surface area contributed by atoms with Gasteiger partial charge >= 0.3 is 0 Å². The number of nitrogens with zero attached hydrogens (tertiary/aromatic N) is 1. The minimum Gasteiger partial charge on any atom is -0.497 e. The Hall–Kier alpha value is -3.35. The number of hydrogen-bond acceptors (Lipinski definition) is 5. The van der Waals surface area contributed by atoms with Crippen molar-refractivity contribution >= 4 is 11.6 Å². The van der Waals surface area contributed by atoms with E-state index in [1.807, 2.05) is 0 Å². The van der Waals surface area contributed by atoms with E-state index in [1.54, 1.807) is 44.4 Å². The summed E-state index contributed by atoms with van der Waals surface area (Å²) in [5, 5.41) is 2.79. The maximum absolute atomic E-state index is 13.1. The zero-order valence-electron chi connectivity index (χ0n) is 15.2. The van der Waals surface area contributed by atoms with Gasteiger partial charge in [0.1, 0.15) is 23.1 Å². The smallest absolute Gasteiger partial charge is 0.230 e. The van der Waals surface area contributed by atoms with E-state index in [4.69, 9.17) is 13.9 Å². The molecular formula is C20H19FN2O4. The predicted molar refractivity (Wildman–Crippen MR) is 98.5 cm³/mol. The van der Waals surface area contributed by atoms with E-state index in [1.165, 1.54) is 19.2 Å². The predicted octanol–water partition coefficient (Wildman–Crippen LogP) is 3.99. The molecule has 0 saturated carbocycles. The lowest BCUT2D eigenvalue weighted by Crippen LogP contribution is -2.15. The molecule has 0 aliphatic heterocycles. The fraction of sp³-hybridized carbons (Fsp3) is 0.200. The van der Waals surface area contributed by atoms with Crippen LogP contribution >= 0.6 is 0 Å². The van der Waals surface area contributed by atoms with Gasteiger partial charge in [0.25, 0.3) is 0 Å². The molecule has 0 fully saturated rings. The van der Waals surface area contributed by atoms with E-state index < -0.39 is 0 Å². The third kappa shape index (κ3) is 4.25. The molecule has 27 heavy (non-hydrogen) atoms. The number of halogens is 1. The van der Waals surface area contributed by atoms with Crippen LogP contribution < -0.4 is 14.8 Å². The van der Waals surface area contributed by atoms with Crippen molar-refractivity contribution in [3.63, 3.8) is 0 Å². The van der Waals surface area contributed by atoms with Crippen molar-refractivity contribution in [2.24, 2.45) is 0 Å². The zero-order chi connectivity index (χ0) is 19.4. The molecule has 7 heteroatoms. The SMILES string of the molecule is COc1ccc(NC(=O)Cc2nc(-c3ccc(F)cc3)oc2C)c(OC)c1. The van der Waals surface area contributed by atoms with Crippen LogP contribution in [0.5, 0.6) is 11.5 Å². The molecule has 1 heterocycles. The van der Waals surface area contributed by atoms with Crippen LogP contribution in [-0.4, -0.2) is 25.1 Å². The number of hydrogen-bond donors (Lipinski definition) is 1. The van der Waals surface area contributed by atoms with Crippen LogP contribution in [-0.2, 0) is 11.2 Å². The van der Waals surface area contributed by atoms with E-state index >= 15 is 0 Å². The lowest BCUT2D eigenvalue weighted by atomic mass is 10.2. The number of anilines is 1. The molecule has 1 N–H and O–H groups in total. The third-order valence-corrected chi connectivity index (χ3v) is 3.99. The monoisotopic (exact) mass is 370 g/mol. The molecule has 1 aromatic heterocycles. The minimum absolute atomic E-state index is 0.0334. The quantitative estimate of drug-likeness (QED) is 0.710. The van der Waals surface area contributed by atoms with Gasteiger partial charge in [-0.3, -0.25) is 4.79 Å². The molecule has 3 rings (SSSR count). The molecule has 0 aliphatic rings. The van der Waals surface area contributed by atoms with Gasteiger partial charge in [-0.25, -0.2) is 9.37 Å². The number of nitrogens with one attached hydrogen (secondary N) is 1. The summed E-state index contributed by atoms with van der Waals surface area (Å²) in [5.41, 5.74) is 1.69. The van der Waals surface area contributed by atoms with Gasteiger partial charge in [-0.2, -0.15) is 0 Å². The lowest BCUT2D eigenvalue weighted by molar-refractivity contribution is -0.115. The van der Waals surface area contributed by atoms with Crippen molar-refractivity contribution in [2.45, 2.75) is 13.3 Å². The molecule has 3 aromatic rings. The van der Waals surface area contributed by atoms with Crippen LogP contribution in [0.4, 0.5) is 10.1 Å². The van der Waals surface area contributed by atoms with Crippen LogP contribution in [0.1, 0.15) is 11.5 Å². The van der Waals surface area contributed by atoms with Gasteiger partial charge in [0, 0.05) is 11.6 Å². The Bertz CT molecular complexity index is 951. The number of methoxy groups -OCH3 is 2. The summed E-state index contributed by atoms with van der Waals surface area (Å²) in [6.07, 6.45) is 0.0334. The van der Waals surface area contributed by atoms with E-state index in [0.29, 0.717) is 40.1 Å². The maximum Gasteiger partial charge on any atom is 0.230 e. The third-order valence-electron chi connectivity index (χ3n) is 3.99. The number of aromatic nitrogens is 1. The van der Waals surface area contributed by atoms with Gasteiger partial charge in [0.15, 0.2) is 0 Å². The number of oxazole rings is 1. The standard InChI is InChI=1S/C20H19FN2O4/c1-12-17(23-20(27-12)13-4-6-14(21)7-5-13)11-19(24)22-16-9-8-15(25-2)10-18(16)26-3/h4-10H,11H2,1-3H3,(H,22,24). The summed E-state index contributed by atoms with van der Waals surface area (Å²) in [5.74, 6) is 1.40. The second kappa shape index (κ2) is 7.90. The average molecular weight is 370 g/mol. The second-order valence-electron chi connectivity index (χ2n) is 5.82. The highest BCUT2D eigenvalue weighted by molar-refractivity contribution is 5.93. The van der Waals surface area contributed by atoms with Crippen molar-refractivity contribution in [2.75, 3.05) is 19.5 Å². The van der Waals surface area contributed by atoms with Crippen LogP contribution in [0.2, 0.25) is 0 Å². The highest BCUT2D eigenvalue weighted by Crippen LogP contribution is 2.29. The van der Waals surface area contributed by atoms with Crippen molar-refractivity contribution in [1.82, 2.24) is 4.98 Å². The highest BCUT2D eigenvalue weighted by Gasteiger charge is 2.16. The number of carbonyl (C=O) groups excluding carboxylic acids is 1. The molecule has 0 aliphatic carbocycles. The van der Waals surface area contributed by atoms with Gasteiger partial charge in [-0.05, 0) is 43.3 Å². The zero-order valence-corrected chi connectivity index (χ0v) is 15.2. The topological polar surface area (TPSA) is 73.6 Å². The van der Waals surface area contributed by atoms with Crippen molar-refractivity contribution in [3.05, 3.63) is 59.7 Å². The Morgan fingerprint density at radius 3 is 2.56 bits per heavy atom. The minimum atomic E-state index is -0.338. The van der Waals surface area contributed by atoms with Crippen LogP contribution in [0.25, 0.3) is 11.5 Å². The second-order valence-corrected chi connectivity index (χ2v) is 5.82. The summed E-state index contributed by atoms with van der Waals surface area (Å²) < 4.78 is 29.1. The Balaban J connectivity index is 1.74. The van der Waals surface area contributed by atoms with E-state index in [0.717, 1.165) is 0 Å².